The predicted octanol–water partition coefficient (Wildman–Crippen LogP) is 0.879. The van der Waals surface area contributed by atoms with Gasteiger partial charge in [-0.15, -0.1) is 0 Å². The fourth-order valence-electron chi connectivity index (χ4n) is 1.45. The summed E-state index contributed by atoms with van der Waals surface area (Å²) in [6, 6.07) is 3.90. The first kappa shape index (κ1) is 14.1. The van der Waals surface area contributed by atoms with Crippen molar-refractivity contribution in [1.29, 1.82) is 0 Å². The number of carbonyl (C=O) groups is 2. The van der Waals surface area contributed by atoms with Gasteiger partial charge in [0.2, 0.25) is 5.91 Å². The van der Waals surface area contributed by atoms with Crippen LogP contribution < -0.4 is 11.1 Å². The Morgan fingerprint density at radius 1 is 1.39 bits per heavy atom. The van der Waals surface area contributed by atoms with E-state index in [-0.39, 0.29) is 18.5 Å². The van der Waals surface area contributed by atoms with Gasteiger partial charge in [-0.1, -0.05) is 0 Å². The summed E-state index contributed by atoms with van der Waals surface area (Å²) in [4.78, 5) is 21.2. The van der Waals surface area contributed by atoms with Crippen LogP contribution in [0.15, 0.2) is 18.2 Å². The first-order valence-corrected chi connectivity index (χ1v) is 5.51. The highest BCUT2D eigenvalue weighted by Gasteiger charge is 2.06. The van der Waals surface area contributed by atoms with E-state index < -0.39 is 17.7 Å². The van der Waals surface area contributed by atoms with Crippen LogP contribution in [0.4, 0.5) is 4.39 Å². The van der Waals surface area contributed by atoms with E-state index >= 15 is 0 Å². The molecular formula is C12H15FN2O3. The van der Waals surface area contributed by atoms with Crippen molar-refractivity contribution in [2.45, 2.75) is 19.4 Å². The van der Waals surface area contributed by atoms with Gasteiger partial charge in [0.15, 0.2) is 0 Å². The molecule has 98 valence electrons. The molecule has 1 amide bonds. The van der Waals surface area contributed by atoms with Gasteiger partial charge in [-0.25, -0.2) is 4.39 Å². The maximum Gasteiger partial charge on any atom is 0.303 e. The molecule has 0 fully saturated rings. The number of aliphatic carboxylic acids is 1. The van der Waals surface area contributed by atoms with Crippen LogP contribution in [0.1, 0.15) is 28.8 Å². The molecule has 18 heavy (non-hydrogen) atoms. The average molecular weight is 254 g/mol. The van der Waals surface area contributed by atoms with E-state index in [4.69, 9.17) is 10.8 Å². The zero-order valence-electron chi connectivity index (χ0n) is 9.78. The van der Waals surface area contributed by atoms with Gasteiger partial charge in [0, 0.05) is 24.1 Å². The zero-order chi connectivity index (χ0) is 13.5. The Kier molecular flexibility index (Phi) is 5.26. The van der Waals surface area contributed by atoms with Crippen LogP contribution >= 0.6 is 0 Å². The number of hydrogen-bond donors (Lipinski definition) is 3. The van der Waals surface area contributed by atoms with E-state index in [0.717, 1.165) is 0 Å². The number of carboxylic acid groups (broad SMARTS) is 1. The molecule has 0 aromatic heterocycles. The van der Waals surface area contributed by atoms with Crippen molar-refractivity contribution in [3.8, 4) is 0 Å². The van der Waals surface area contributed by atoms with Gasteiger partial charge in [0.1, 0.15) is 5.82 Å². The normalized spacial score (nSPS) is 10.3. The quantitative estimate of drug-likeness (QED) is 0.630. The second kappa shape index (κ2) is 6.70. The summed E-state index contributed by atoms with van der Waals surface area (Å²) >= 11 is 0. The first-order chi connectivity index (χ1) is 8.50. The van der Waals surface area contributed by atoms with E-state index in [1.165, 1.54) is 18.2 Å². The molecule has 0 aliphatic rings. The molecule has 4 N–H and O–H groups in total. The van der Waals surface area contributed by atoms with Crippen LogP contribution in [0, 0.1) is 5.82 Å². The van der Waals surface area contributed by atoms with E-state index in [1.807, 2.05) is 0 Å². The Morgan fingerprint density at radius 3 is 2.72 bits per heavy atom. The Hall–Kier alpha value is -1.95. The van der Waals surface area contributed by atoms with E-state index in [2.05, 4.69) is 5.32 Å². The predicted molar refractivity (Wildman–Crippen MR) is 63.5 cm³/mol. The van der Waals surface area contributed by atoms with Crippen molar-refractivity contribution in [2.75, 3.05) is 6.54 Å². The monoisotopic (exact) mass is 254 g/mol. The largest absolute Gasteiger partial charge is 0.481 e. The number of nitrogens with one attached hydrogen (secondary N) is 1. The minimum absolute atomic E-state index is 0.0663. The summed E-state index contributed by atoms with van der Waals surface area (Å²) in [6.07, 6.45) is 0.531. The molecule has 0 saturated heterocycles. The van der Waals surface area contributed by atoms with Gasteiger partial charge >= 0.3 is 5.97 Å². The van der Waals surface area contributed by atoms with Gasteiger partial charge in [0.25, 0.3) is 0 Å². The topological polar surface area (TPSA) is 92.4 Å². The molecule has 5 nitrogen and oxygen atoms in total. The standard InChI is InChI=1S/C12H15FN2O3/c13-10-4-3-8(12(14)18)6-9(10)7-15-5-1-2-11(16)17/h3-4,6,15H,1-2,5,7H2,(H2,14,18)(H,16,17). The number of carboxylic acids is 1. The van der Waals surface area contributed by atoms with Crippen LogP contribution in [0.5, 0.6) is 0 Å². The van der Waals surface area contributed by atoms with Gasteiger partial charge in [-0.05, 0) is 31.2 Å². The molecule has 0 aliphatic carbocycles. The van der Waals surface area contributed by atoms with E-state index in [0.29, 0.717) is 18.5 Å². The summed E-state index contributed by atoms with van der Waals surface area (Å²) in [6.45, 7) is 0.694. The number of amides is 1. The highest BCUT2D eigenvalue weighted by atomic mass is 19.1. The van der Waals surface area contributed by atoms with Crippen LogP contribution in [0.2, 0.25) is 0 Å². The second-order valence-electron chi connectivity index (χ2n) is 3.84. The summed E-state index contributed by atoms with van der Waals surface area (Å²) in [5.74, 6) is -1.90. The van der Waals surface area contributed by atoms with Crippen LogP contribution in [0.25, 0.3) is 0 Å². The molecule has 0 unspecified atom stereocenters. The van der Waals surface area contributed by atoms with Gasteiger partial charge in [-0.2, -0.15) is 0 Å². The molecule has 1 aromatic carbocycles. The van der Waals surface area contributed by atoms with E-state index in [9.17, 15) is 14.0 Å². The van der Waals surface area contributed by atoms with Crippen molar-refractivity contribution >= 4 is 11.9 Å². The molecule has 0 atom stereocenters. The maximum atomic E-state index is 13.4. The van der Waals surface area contributed by atoms with E-state index in [1.54, 1.807) is 0 Å². The fourth-order valence-corrected chi connectivity index (χ4v) is 1.45. The number of carbonyl (C=O) groups excluding carboxylic acids is 1. The third-order valence-corrected chi connectivity index (χ3v) is 2.39. The van der Waals surface area contributed by atoms with Crippen molar-refractivity contribution in [3.63, 3.8) is 0 Å². The lowest BCUT2D eigenvalue weighted by Crippen LogP contribution is -2.18. The summed E-state index contributed by atoms with van der Waals surface area (Å²) in [5, 5.41) is 11.3. The molecule has 0 spiro atoms. The number of halogens is 1. The lowest BCUT2D eigenvalue weighted by atomic mass is 10.1. The van der Waals surface area contributed by atoms with Crippen molar-refractivity contribution < 1.29 is 19.1 Å². The molecule has 0 heterocycles. The van der Waals surface area contributed by atoms with Crippen molar-refractivity contribution in [1.82, 2.24) is 5.32 Å². The van der Waals surface area contributed by atoms with Gasteiger partial charge < -0.3 is 16.2 Å². The second-order valence-corrected chi connectivity index (χ2v) is 3.84. The third-order valence-electron chi connectivity index (χ3n) is 2.39. The smallest absolute Gasteiger partial charge is 0.303 e. The lowest BCUT2D eigenvalue weighted by molar-refractivity contribution is -0.137. The number of primary amides is 1. The minimum atomic E-state index is -0.862. The summed E-state index contributed by atoms with van der Waals surface area (Å²) < 4.78 is 13.4. The average Bonchev–Trinajstić information content (AvgIpc) is 2.30. The molecule has 0 radical (unpaired) electrons. The van der Waals surface area contributed by atoms with Gasteiger partial charge in [-0.3, -0.25) is 9.59 Å². The van der Waals surface area contributed by atoms with Crippen molar-refractivity contribution in [3.05, 3.63) is 35.1 Å². The highest BCUT2D eigenvalue weighted by molar-refractivity contribution is 5.92. The lowest BCUT2D eigenvalue weighted by Gasteiger charge is -2.06. The molecule has 0 aliphatic heterocycles. The number of hydrogen-bond acceptors (Lipinski definition) is 3. The number of nitrogens with two attached hydrogens (primary N) is 1. The fraction of sp³-hybridized carbons (Fsp3) is 0.333. The third kappa shape index (κ3) is 4.50. The Morgan fingerprint density at radius 2 is 2.11 bits per heavy atom. The SMILES string of the molecule is NC(=O)c1ccc(F)c(CNCCCC(=O)O)c1. The molecule has 6 heteroatoms. The Balaban J connectivity index is 2.48. The van der Waals surface area contributed by atoms with Crippen LogP contribution in [-0.4, -0.2) is 23.5 Å². The number of rotatable bonds is 7. The summed E-state index contributed by atoms with van der Waals surface area (Å²) in [7, 11) is 0. The Bertz CT molecular complexity index is 449. The molecule has 1 aromatic rings. The Labute approximate surface area is 104 Å². The zero-order valence-corrected chi connectivity index (χ0v) is 9.78. The molecule has 1 rings (SSSR count). The first-order valence-electron chi connectivity index (χ1n) is 5.51. The van der Waals surface area contributed by atoms with Crippen molar-refractivity contribution in [2.24, 2.45) is 5.73 Å². The minimum Gasteiger partial charge on any atom is -0.481 e. The maximum absolute atomic E-state index is 13.4. The number of benzene rings is 1. The van der Waals surface area contributed by atoms with Crippen LogP contribution in [-0.2, 0) is 11.3 Å². The molecule has 0 bridgehead atoms. The molecular weight excluding hydrogens is 239 g/mol. The highest BCUT2D eigenvalue weighted by Crippen LogP contribution is 2.10. The van der Waals surface area contributed by atoms with Crippen LogP contribution in [0.3, 0.4) is 0 Å². The molecule has 0 saturated carbocycles. The van der Waals surface area contributed by atoms with Gasteiger partial charge in [0.05, 0.1) is 0 Å². The summed E-state index contributed by atoms with van der Waals surface area (Å²) in [5.41, 5.74) is 5.68.